The highest BCUT2D eigenvalue weighted by Crippen LogP contribution is 2.28. The zero-order chi connectivity index (χ0) is 14.7. The Morgan fingerprint density at radius 1 is 1.20 bits per heavy atom. The molecule has 0 unspecified atom stereocenters. The molecule has 2 aromatic rings. The molecule has 0 heterocycles. The first kappa shape index (κ1) is 14.8. The van der Waals surface area contributed by atoms with Gasteiger partial charge in [-0.1, -0.05) is 29.8 Å². The van der Waals surface area contributed by atoms with E-state index in [1.807, 2.05) is 18.2 Å². The predicted octanol–water partition coefficient (Wildman–Crippen LogP) is 4.60. The van der Waals surface area contributed by atoms with E-state index in [-0.39, 0.29) is 5.78 Å². The molecule has 0 atom stereocenters. The molecule has 3 heteroatoms. The summed E-state index contributed by atoms with van der Waals surface area (Å²) in [4.78, 5) is 13.5. The number of carbonyl (C=O) groups is 1. The Labute approximate surface area is 128 Å². The summed E-state index contributed by atoms with van der Waals surface area (Å²) in [6.07, 6.45) is 0. The fourth-order valence-electron chi connectivity index (χ4n) is 2.20. The first-order valence-electron chi connectivity index (χ1n) is 6.54. The highest BCUT2D eigenvalue weighted by molar-refractivity contribution is 9.10. The Balaban J connectivity index is 2.21. The maximum absolute atomic E-state index is 11.4. The molecule has 2 rings (SSSR count). The number of rotatable bonds is 4. The first-order chi connectivity index (χ1) is 9.47. The lowest BCUT2D eigenvalue weighted by Gasteiger charge is -2.21. The molecule has 0 radical (unpaired) electrons. The summed E-state index contributed by atoms with van der Waals surface area (Å²) in [7, 11) is 2.05. The van der Waals surface area contributed by atoms with Crippen molar-refractivity contribution in [1.29, 1.82) is 0 Å². The molecular weight excluding hydrogens is 314 g/mol. The van der Waals surface area contributed by atoms with Crippen LogP contribution in [0.5, 0.6) is 0 Å². The zero-order valence-corrected chi connectivity index (χ0v) is 13.6. The van der Waals surface area contributed by atoms with Gasteiger partial charge in [-0.05, 0) is 53.5 Å². The second-order valence-corrected chi connectivity index (χ2v) is 5.92. The van der Waals surface area contributed by atoms with Crippen LogP contribution in [-0.4, -0.2) is 12.8 Å². The third kappa shape index (κ3) is 3.48. The van der Waals surface area contributed by atoms with Gasteiger partial charge in [0, 0.05) is 23.6 Å². The summed E-state index contributed by atoms with van der Waals surface area (Å²) in [5.74, 6) is 0.0820. The molecule has 0 aliphatic rings. The average molecular weight is 332 g/mol. The molecule has 0 bridgehead atoms. The van der Waals surface area contributed by atoms with E-state index in [0.29, 0.717) is 0 Å². The quantitative estimate of drug-likeness (QED) is 0.763. The third-order valence-corrected chi connectivity index (χ3v) is 3.90. The molecular formula is C17H18BrNO. The zero-order valence-electron chi connectivity index (χ0n) is 12.0. The Kier molecular flexibility index (Phi) is 4.61. The van der Waals surface area contributed by atoms with E-state index in [1.165, 1.54) is 11.1 Å². The Morgan fingerprint density at radius 2 is 1.95 bits per heavy atom. The lowest BCUT2D eigenvalue weighted by atomic mass is 10.1. The molecule has 0 N–H and O–H groups in total. The fraction of sp³-hybridized carbons (Fsp3) is 0.235. The molecule has 0 aliphatic heterocycles. The molecule has 0 saturated heterocycles. The van der Waals surface area contributed by atoms with Crippen LogP contribution in [0.1, 0.15) is 28.4 Å². The van der Waals surface area contributed by atoms with E-state index in [0.717, 1.165) is 22.3 Å². The predicted molar refractivity (Wildman–Crippen MR) is 87.4 cm³/mol. The smallest absolute Gasteiger partial charge is 0.159 e. The van der Waals surface area contributed by atoms with Gasteiger partial charge in [0.25, 0.3) is 0 Å². The number of benzene rings is 2. The van der Waals surface area contributed by atoms with Gasteiger partial charge in [-0.2, -0.15) is 0 Å². The number of halogens is 1. The molecule has 0 fully saturated rings. The van der Waals surface area contributed by atoms with E-state index in [9.17, 15) is 4.79 Å². The molecule has 0 spiro atoms. The lowest BCUT2D eigenvalue weighted by Crippen LogP contribution is -2.17. The monoisotopic (exact) mass is 331 g/mol. The van der Waals surface area contributed by atoms with Gasteiger partial charge in [0.05, 0.1) is 5.69 Å². The van der Waals surface area contributed by atoms with E-state index in [4.69, 9.17) is 0 Å². The number of hydrogen-bond donors (Lipinski definition) is 0. The lowest BCUT2D eigenvalue weighted by molar-refractivity contribution is 0.101. The number of hydrogen-bond acceptors (Lipinski definition) is 2. The van der Waals surface area contributed by atoms with Gasteiger partial charge in [0.2, 0.25) is 0 Å². The van der Waals surface area contributed by atoms with Crippen LogP contribution < -0.4 is 4.90 Å². The summed E-state index contributed by atoms with van der Waals surface area (Å²) in [6.45, 7) is 4.51. The van der Waals surface area contributed by atoms with Crippen LogP contribution in [0.15, 0.2) is 46.9 Å². The number of carbonyl (C=O) groups excluding carboxylic acids is 1. The van der Waals surface area contributed by atoms with Crippen molar-refractivity contribution in [2.45, 2.75) is 20.4 Å². The molecule has 0 aromatic heterocycles. The number of Topliss-reactive ketones (excluding diaryl/α,β-unsaturated/α-hetero) is 1. The van der Waals surface area contributed by atoms with Crippen molar-refractivity contribution in [1.82, 2.24) is 0 Å². The maximum Gasteiger partial charge on any atom is 0.159 e. The van der Waals surface area contributed by atoms with E-state index in [1.54, 1.807) is 6.92 Å². The van der Waals surface area contributed by atoms with Crippen molar-refractivity contribution in [2.75, 3.05) is 11.9 Å². The molecule has 20 heavy (non-hydrogen) atoms. The van der Waals surface area contributed by atoms with Crippen molar-refractivity contribution in [2.24, 2.45) is 0 Å². The summed E-state index contributed by atoms with van der Waals surface area (Å²) in [5, 5.41) is 0. The van der Waals surface area contributed by atoms with Crippen LogP contribution in [0.2, 0.25) is 0 Å². The number of aryl methyl sites for hydroxylation is 1. The molecule has 0 amide bonds. The van der Waals surface area contributed by atoms with Crippen LogP contribution in [0.25, 0.3) is 0 Å². The van der Waals surface area contributed by atoms with Gasteiger partial charge in [-0.15, -0.1) is 0 Å². The summed E-state index contributed by atoms with van der Waals surface area (Å²) in [5.41, 5.74) is 4.35. The van der Waals surface area contributed by atoms with Crippen molar-refractivity contribution in [3.63, 3.8) is 0 Å². The average Bonchev–Trinajstić information content (AvgIpc) is 2.38. The van der Waals surface area contributed by atoms with E-state index < -0.39 is 0 Å². The highest BCUT2D eigenvalue weighted by Gasteiger charge is 2.09. The normalized spacial score (nSPS) is 10.4. The van der Waals surface area contributed by atoms with Gasteiger partial charge in [-0.3, -0.25) is 4.79 Å². The summed E-state index contributed by atoms with van der Waals surface area (Å²) >= 11 is 3.55. The highest BCUT2D eigenvalue weighted by atomic mass is 79.9. The van der Waals surface area contributed by atoms with Crippen LogP contribution in [0, 0.1) is 6.92 Å². The molecule has 104 valence electrons. The van der Waals surface area contributed by atoms with Gasteiger partial charge in [-0.25, -0.2) is 0 Å². The molecule has 2 nitrogen and oxygen atoms in total. The molecule has 0 aliphatic carbocycles. The maximum atomic E-state index is 11.4. The van der Waals surface area contributed by atoms with Crippen molar-refractivity contribution in [3.8, 4) is 0 Å². The minimum Gasteiger partial charge on any atom is -0.369 e. The van der Waals surface area contributed by atoms with Crippen molar-refractivity contribution in [3.05, 3.63) is 63.6 Å². The first-order valence-corrected chi connectivity index (χ1v) is 7.34. The van der Waals surface area contributed by atoms with E-state index >= 15 is 0 Å². The summed E-state index contributed by atoms with van der Waals surface area (Å²) < 4.78 is 0.945. The van der Waals surface area contributed by atoms with Crippen molar-refractivity contribution >= 4 is 27.4 Å². The van der Waals surface area contributed by atoms with E-state index in [2.05, 4.69) is 59.1 Å². The summed E-state index contributed by atoms with van der Waals surface area (Å²) in [6, 6.07) is 14.2. The molecule has 0 saturated carbocycles. The Morgan fingerprint density at radius 3 is 2.55 bits per heavy atom. The van der Waals surface area contributed by atoms with Crippen LogP contribution in [-0.2, 0) is 6.54 Å². The van der Waals surface area contributed by atoms with Crippen LogP contribution in [0.4, 0.5) is 5.69 Å². The van der Waals surface area contributed by atoms with Crippen LogP contribution >= 0.6 is 15.9 Å². The third-order valence-electron chi connectivity index (χ3n) is 3.27. The Hall–Kier alpha value is -1.61. The minimum atomic E-state index is 0.0820. The second-order valence-electron chi connectivity index (χ2n) is 5.07. The van der Waals surface area contributed by atoms with Crippen molar-refractivity contribution < 1.29 is 4.79 Å². The standard InChI is InChI=1S/C17H18BrNO/c1-12-5-4-6-14(9-12)11-19(3)17-8-7-15(13(2)20)10-16(17)18/h4-10H,11H2,1-3H3. The van der Waals surface area contributed by atoms with Crippen LogP contribution in [0.3, 0.4) is 0 Å². The van der Waals surface area contributed by atoms with Gasteiger partial charge in [0.1, 0.15) is 0 Å². The SMILES string of the molecule is CC(=O)c1ccc(N(C)Cc2cccc(C)c2)c(Br)c1. The number of ketones is 1. The van der Waals surface area contributed by atoms with Gasteiger partial charge < -0.3 is 4.90 Å². The molecule has 2 aromatic carbocycles. The topological polar surface area (TPSA) is 20.3 Å². The number of anilines is 1. The van der Waals surface area contributed by atoms with Gasteiger partial charge >= 0.3 is 0 Å². The van der Waals surface area contributed by atoms with Gasteiger partial charge in [0.15, 0.2) is 5.78 Å². The minimum absolute atomic E-state index is 0.0820. The Bertz CT molecular complexity index is 637. The fourth-order valence-corrected chi connectivity index (χ4v) is 2.89. The number of nitrogens with zero attached hydrogens (tertiary/aromatic N) is 1. The largest absolute Gasteiger partial charge is 0.369 e. The second kappa shape index (κ2) is 6.23.